The van der Waals surface area contributed by atoms with E-state index < -0.39 is 6.10 Å². The number of rotatable bonds is 5. The third kappa shape index (κ3) is 4.20. The summed E-state index contributed by atoms with van der Waals surface area (Å²) in [5.41, 5.74) is 0.689. The van der Waals surface area contributed by atoms with Crippen LogP contribution in [0, 0.1) is 5.92 Å². The Labute approximate surface area is 94.6 Å². The maximum absolute atomic E-state index is 9.27. The van der Waals surface area contributed by atoms with Crippen LogP contribution in [0.15, 0.2) is 23.2 Å². The lowest BCUT2D eigenvalue weighted by Crippen LogP contribution is -2.03. The molecule has 1 rings (SSSR count). The van der Waals surface area contributed by atoms with Crippen molar-refractivity contribution in [2.45, 2.75) is 24.8 Å². The number of pyridine rings is 1. The molecule has 0 aliphatic rings. The van der Waals surface area contributed by atoms with Gasteiger partial charge in [0.05, 0.1) is 11.8 Å². The number of hydrogen-bond acceptors (Lipinski definition) is 4. The van der Waals surface area contributed by atoms with Crippen molar-refractivity contribution in [3.05, 3.63) is 24.0 Å². The van der Waals surface area contributed by atoms with E-state index in [4.69, 9.17) is 5.11 Å². The first-order chi connectivity index (χ1) is 7.13. The third-order valence-electron chi connectivity index (χ3n) is 2.03. The molecule has 1 unspecified atom stereocenters. The Hall–Kier alpha value is -0.580. The van der Waals surface area contributed by atoms with E-state index in [1.54, 1.807) is 24.9 Å². The van der Waals surface area contributed by atoms with E-state index in [0.29, 0.717) is 11.6 Å². The van der Waals surface area contributed by atoms with Crippen LogP contribution in [-0.4, -0.2) is 27.6 Å². The highest BCUT2D eigenvalue weighted by Crippen LogP contribution is 2.21. The highest BCUT2D eigenvalue weighted by atomic mass is 32.2. The van der Waals surface area contributed by atoms with Crippen LogP contribution in [0.2, 0.25) is 0 Å². The molecule has 0 spiro atoms. The predicted molar refractivity (Wildman–Crippen MR) is 61.8 cm³/mol. The topological polar surface area (TPSA) is 53.4 Å². The first-order valence-electron chi connectivity index (χ1n) is 5.01. The number of hydrogen-bond donors (Lipinski definition) is 2. The Morgan fingerprint density at radius 1 is 1.40 bits per heavy atom. The maximum atomic E-state index is 9.27. The van der Waals surface area contributed by atoms with Gasteiger partial charge in [-0.3, -0.25) is 4.98 Å². The Morgan fingerprint density at radius 3 is 2.60 bits per heavy atom. The van der Waals surface area contributed by atoms with Crippen molar-refractivity contribution < 1.29 is 10.2 Å². The number of thioether (sulfide) groups is 1. The smallest absolute Gasteiger partial charge is 0.0931 e. The van der Waals surface area contributed by atoms with Crippen LogP contribution >= 0.6 is 11.8 Å². The molecule has 2 N–H and O–H groups in total. The first kappa shape index (κ1) is 12.5. The van der Waals surface area contributed by atoms with Gasteiger partial charge in [0.15, 0.2) is 0 Å². The van der Waals surface area contributed by atoms with Crippen LogP contribution in [0.5, 0.6) is 0 Å². The molecular weight excluding hydrogens is 210 g/mol. The SMILES string of the molecule is CC(CO)CSc1ccc([C@@H](C)O)nc1. The molecule has 0 saturated carbocycles. The summed E-state index contributed by atoms with van der Waals surface area (Å²) in [4.78, 5) is 5.22. The standard InChI is InChI=1S/C11H17NO2S/c1-8(6-13)7-15-10-3-4-11(9(2)14)12-5-10/h3-5,8-9,13-14H,6-7H2,1-2H3/t8?,9-/m1/s1. The molecule has 0 aromatic carbocycles. The summed E-state index contributed by atoms with van der Waals surface area (Å²) in [5, 5.41) is 18.1. The van der Waals surface area contributed by atoms with Gasteiger partial charge in [0.2, 0.25) is 0 Å². The van der Waals surface area contributed by atoms with Crippen LogP contribution in [-0.2, 0) is 0 Å². The van der Waals surface area contributed by atoms with E-state index in [-0.39, 0.29) is 6.61 Å². The minimum absolute atomic E-state index is 0.214. The van der Waals surface area contributed by atoms with Crippen LogP contribution in [0.4, 0.5) is 0 Å². The van der Waals surface area contributed by atoms with E-state index >= 15 is 0 Å². The van der Waals surface area contributed by atoms with Gasteiger partial charge in [-0.15, -0.1) is 11.8 Å². The van der Waals surface area contributed by atoms with Gasteiger partial charge >= 0.3 is 0 Å². The van der Waals surface area contributed by atoms with Crippen molar-refractivity contribution in [3.8, 4) is 0 Å². The molecule has 1 heterocycles. The van der Waals surface area contributed by atoms with Crippen molar-refractivity contribution in [2.24, 2.45) is 5.92 Å². The third-order valence-corrected chi connectivity index (χ3v) is 3.34. The quantitative estimate of drug-likeness (QED) is 0.754. The lowest BCUT2D eigenvalue weighted by molar-refractivity contribution is 0.194. The van der Waals surface area contributed by atoms with Crippen molar-refractivity contribution in [3.63, 3.8) is 0 Å². The molecular formula is C11H17NO2S. The van der Waals surface area contributed by atoms with Crippen molar-refractivity contribution in [1.29, 1.82) is 0 Å². The Bertz CT molecular complexity index is 287. The minimum atomic E-state index is -0.514. The molecule has 0 amide bonds. The van der Waals surface area contributed by atoms with Crippen molar-refractivity contribution in [1.82, 2.24) is 4.98 Å². The molecule has 2 atom stereocenters. The molecule has 0 aliphatic heterocycles. The Morgan fingerprint density at radius 2 is 2.13 bits per heavy atom. The summed E-state index contributed by atoms with van der Waals surface area (Å²) >= 11 is 1.67. The zero-order valence-corrected chi connectivity index (χ0v) is 9.87. The molecule has 0 saturated heterocycles. The Balaban J connectivity index is 2.50. The molecule has 0 aliphatic carbocycles. The molecule has 0 radical (unpaired) electrons. The van der Waals surface area contributed by atoms with Gasteiger partial charge in [-0.2, -0.15) is 0 Å². The first-order valence-corrected chi connectivity index (χ1v) is 5.99. The largest absolute Gasteiger partial charge is 0.396 e. The predicted octanol–water partition coefficient (Wildman–Crippen LogP) is 1.86. The van der Waals surface area contributed by atoms with Gasteiger partial charge in [0, 0.05) is 23.5 Å². The van der Waals surface area contributed by atoms with E-state index in [2.05, 4.69) is 4.98 Å². The van der Waals surface area contributed by atoms with Crippen LogP contribution in [0.3, 0.4) is 0 Å². The van der Waals surface area contributed by atoms with Gasteiger partial charge in [-0.25, -0.2) is 0 Å². The molecule has 1 aromatic heterocycles. The van der Waals surface area contributed by atoms with E-state index in [1.165, 1.54) is 0 Å². The summed E-state index contributed by atoms with van der Waals surface area (Å²) < 4.78 is 0. The van der Waals surface area contributed by atoms with Gasteiger partial charge in [-0.1, -0.05) is 6.92 Å². The number of aliphatic hydroxyl groups is 2. The summed E-state index contributed by atoms with van der Waals surface area (Å²) in [5.74, 6) is 1.18. The molecule has 1 aromatic rings. The average molecular weight is 227 g/mol. The fourth-order valence-electron chi connectivity index (χ4n) is 1.02. The second-order valence-electron chi connectivity index (χ2n) is 3.69. The summed E-state index contributed by atoms with van der Waals surface area (Å²) in [7, 11) is 0. The van der Waals surface area contributed by atoms with E-state index in [9.17, 15) is 5.11 Å². The molecule has 0 bridgehead atoms. The van der Waals surface area contributed by atoms with E-state index in [0.717, 1.165) is 10.6 Å². The fraction of sp³-hybridized carbons (Fsp3) is 0.545. The second-order valence-corrected chi connectivity index (χ2v) is 4.79. The van der Waals surface area contributed by atoms with Gasteiger partial charge in [0.25, 0.3) is 0 Å². The molecule has 84 valence electrons. The van der Waals surface area contributed by atoms with E-state index in [1.807, 2.05) is 19.1 Å². The number of aromatic nitrogens is 1. The minimum Gasteiger partial charge on any atom is -0.396 e. The van der Waals surface area contributed by atoms with Gasteiger partial charge < -0.3 is 10.2 Å². The lowest BCUT2D eigenvalue weighted by atomic mass is 10.2. The average Bonchev–Trinajstić information content (AvgIpc) is 2.26. The fourth-order valence-corrected chi connectivity index (χ4v) is 1.89. The highest BCUT2D eigenvalue weighted by Gasteiger charge is 2.04. The van der Waals surface area contributed by atoms with Crippen LogP contribution in [0.1, 0.15) is 25.6 Å². The van der Waals surface area contributed by atoms with Gasteiger partial charge in [-0.05, 0) is 25.0 Å². The van der Waals surface area contributed by atoms with Gasteiger partial charge in [0.1, 0.15) is 0 Å². The van der Waals surface area contributed by atoms with Crippen LogP contribution in [0.25, 0.3) is 0 Å². The number of aliphatic hydroxyl groups excluding tert-OH is 2. The molecule has 4 heteroatoms. The van der Waals surface area contributed by atoms with Crippen molar-refractivity contribution in [2.75, 3.05) is 12.4 Å². The Kier molecular flexibility index (Phi) is 5.08. The zero-order chi connectivity index (χ0) is 11.3. The van der Waals surface area contributed by atoms with Crippen LogP contribution < -0.4 is 0 Å². The van der Waals surface area contributed by atoms with Crippen molar-refractivity contribution >= 4 is 11.8 Å². The normalized spacial score (nSPS) is 14.9. The molecule has 3 nitrogen and oxygen atoms in total. The lowest BCUT2D eigenvalue weighted by Gasteiger charge is -2.08. The molecule has 0 fully saturated rings. The second kappa shape index (κ2) is 6.10. The highest BCUT2D eigenvalue weighted by molar-refractivity contribution is 7.99. The monoisotopic (exact) mass is 227 g/mol. The number of nitrogens with zero attached hydrogens (tertiary/aromatic N) is 1. The summed E-state index contributed by atoms with van der Waals surface area (Å²) in [6.45, 7) is 3.92. The summed E-state index contributed by atoms with van der Waals surface area (Å²) in [6, 6.07) is 3.78. The zero-order valence-electron chi connectivity index (χ0n) is 9.05. The summed E-state index contributed by atoms with van der Waals surface area (Å²) in [6.07, 6.45) is 1.25. The maximum Gasteiger partial charge on any atom is 0.0931 e. The molecule has 15 heavy (non-hydrogen) atoms.